The molecule has 1 saturated heterocycles. The zero-order valence-corrected chi connectivity index (χ0v) is 13.1. The van der Waals surface area contributed by atoms with Gasteiger partial charge in [0.25, 0.3) is 0 Å². The molecule has 1 heterocycles. The number of hydrogen-bond donors (Lipinski definition) is 0. The maximum Gasteiger partial charge on any atom is 0.325 e. The topological polar surface area (TPSA) is 38.8 Å². The number of esters is 1. The molecule has 5 fully saturated rings. The van der Waals surface area contributed by atoms with Gasteiger partial charge in [0, 0.05) is 13.1 Å². The first-order chi connectivity index (χ1) is 10.2. The van der Waals surface area contributed by atoms with Crippen LogP contribution in [0.4, 0.5) is 0 Å². The van der Waals surface area contributed by atoms with E-state index in [9.17, 15) is 4.79 Å². The van der Waals surface area contributed by atoms with E-state index in [0.717, 1.165) is 37.5 Å². The fourth-order valence-corrected chi connectivity index (χ4v) is 6.09. The number of nitrogens with zero attached hydrogens (tertiary/aromatic N) is 1. The molecule has 4 bridgehead atoms. The van der Waals surface area contributed by atoms with Gasteiger partial charge in [-0.05, 0) is 61.7 Å². The number of rotatable bonds is 3. The predicted molar refractivity (Wildman–Crippen MR) is 78.8 cm³/mol. The van der Waals surface area contributed by atoms with Crippen molar-refractivity contribution < 1.29 is 14.3 Å². The molecule has 0 spiro atoms. The summed E-state index contributed by atoms with van der Waals surface area (Å²) in [5, 5.41) is 0. The van der Waals surface area contributed by atoms with E-state index >= 15 is 0 Å². The zero-order valence-electron chi connectivity index (χ0n) is 13.1. The highest BCUT2D eigenvalue weighted by Crippen LogP contribution is 2.60. The minimum Gasteiger partial charge on any atom is -0.468 e. The Morgan fingerprint density at radius 3 is 2.38 bits per heavy atom. The van der Waals surface area contributed by atoms with E-state index in [2.05, 4.69) is 4.90 Å². The molecule has 118 valence electrons. The maximum atomic E-state index is 12.0. The lowest BCUT2D eigenvalue weighted by molar-refractivity contribution is -0.157. The lowest BCUT2D eigenvalue weighted by Crippen LogP contribution is -2.57. The van der Waals surface area contributed by atoms with Gasteiger partial charge in [-0.1, -0.05) is 0 Å². The van der Waals surface area contributed by atoms with E-state index in [0.29, 0.717) is 12.0 Å². The van der Waals surface area contributed by atoms with Crippen molar-refractivity contribution in [2.45, 2.75) is 44.6 Å². The van der Waals surface area contributed by atoms with E-state index in [1.807, 2.05) is 0 Å². The Kier molecular flexibility index (Phi) is 3.49. The van der Waals surface area contributed by atoms with Gasteiger partial charge in [-0.25, -0.2) is 0 Å². The van der Waals surface area contributed by atoms with Gasteiger partial charge >= 0.3 is 5.97 Å². The molecule has 0 aromatic rings. The number of hydrogen-bond acceptors (Lipinski definition) is 4. The molecular formula is C17H27NO3. The third kappa shape index (κ3) is 2.50. The van der Waals surface area contributed by atoms with Gasteiger partial charge in [-0.2, -0.15) is 0 Å². The van der Waals surface area contributed by atoms with Crippen LogP contribution in [-0.2, 0) is 14.3 Å². The monoisotopic (exact) mass is 293 g/mol. The van der Waals surface area contributed by atoms with Gasteiger partial charge in [0.2, 0.25) is 0 Å². The molecule has 1 atom stereocenters. The van der Waals surface area contributed by atoms with Crippen LogP contribution in [0.5, 0.6) is 0 Å². The van der Waals surface area contributed by atoms with E-state index in [1.165, 1.54) is 45.6 Å². The molecule has 0 radical (unpaired) electrons. The van der Waals surface area contributed by atoms with Gasteiger partial charge in [0.05, 0.1) is 20.3 Å². The highest BCUT2D eigenvalue weighted by atomic mass is 16.5. The van der Waals surface area contributed by atoms with Crippen LogP contribution in [0.2, 0.25) is 0 Å². The van der Waals surface area contributed by atoms with Crippen LogP contribution in [0, 0.1) is 23.2 Å². The molecule has 5 aliphatic rings. The summed E-state index contributed by atoms with van der Waals surface area (Å²) in [5.41, 5.74) is 0.484. The van der Waals surface area contributed by atoms with Crippen LogP contribution >= 0.6 is 0 Å². The SMILES string of the molecule is COC(=O)C1COCCN1CC12CC3CC(CC(C3)C1)C2. The predicted octanol–water partition coefficient (Wildman–Crippen LogP) is 2.08. The Hall–Kier alpha value is -0.610. The Morgan fingerprint density at radius 1 is 1.19 bits per heavy atom. The lowest BCUT2D eigenvalue weighted by Gasteiger charge is -2.58. The van der Waals surface area contributed by atoms with Crippen LogP contribution in [0.15, 0.2) is 0 Å². The summed E-state index contributed by atoms with van der Waals surface area (Å²) in [6.45, 7) is 3.21. The number of methoxy groups -OCH3 is 1. The van der Waals surface area contributed by atoms with Crippen LogP contribution < -0.4 is 0 Å². The standard InChI is InChI=1S/C17H27NO3/c1-20-16(19)15-10-21-3-2-18(15)11-17-7-12-4-13(8-17)6-14(5-12)9-17/h12-15H,2-11H2,1H3. The van der Waals surface area contributed by atoms with E-state index < -0.39 is 0 Å². The smallest absolute Gasteiger partial charge is 0.325 e. The first-order valence-corrected chi connectivity index (χ1v) is 8.57. The van der Waals surface area contributed by atoms with Crippen LogP contribution in [-0.4, -0.2) is 50.3 Å². The van der Waals surface area contributed by atoms with Crippen LogP contribution in [0.1, 0.15) is 38.5 Å². The summed E-state index contributed by atoms with van der Waals surface area (Å²) in [6.07, 6.45) is 8.60. The second kappa shape index (κ2) is 5.24. The molecule has 1 unspecified atom stereocenters. The third-order valence-corrected chi connectivity index (χ3v) is 6.42. The second-order valence-electron chi connectivity index (χ2n) is 8.00. The minimum atomic E-state index is -0.184. The summed E-state index contributed by atoms with van der Waals surface area (Å²) in [6, 6.07) is -0.184. The number of carbonyl (C=O) groups excluding carboxylic acids is 1. The molecule has 0 N–H and O–H groups in total. The molecule has 21 heavy (non-hydrogen) atoms. The van der Waals surface area contributed by atoms with Crippen molar-refractivity contribution in [2.75, 3.05) is 33.4 Å². The van der Waals surface area contributed by atoms with Crippen molar-refractivity contribution in [1.29, 1.82) is 0 Å². The molecule has 4 heteroatoms. The molecule has 0 aromatic carbocycles. The normalized spacial score (nSPS) is 45.8. The minimum absolute atomic E-state index is 0.126. The van der Waals surface area contributed by atoms with E-state index in [-0.39, 0.29) is 12.0 Å². The fourth-order valence-electron chi connectivity index (χ4n) is 6.09. The highest BCUT2D eigenvalue weighted by Gasteiger charge is 2.52. The van der Waals surface area contributed by atoms with Gasteiger partial charge in [0.15, 0.2) is 0 Å². The third-order valence-electron chi connectivity index (χ3n) is 6.42. The summed E-state index contributed by atoms with van der Waals surface area (Å²) in [7, 11) is 1.49. The Labute approximate surface area is 127 Å². The molecule has 4 nitrogen and oxygen atoms in total. The summed E-state index contributed by atoms with van der Waals surface area (Å²) >= 11 is 0. The largest absolute Gasteiger partial charge is 0.468 e. The maximum absolute atomic E-state index is 12.0. The van der Waals surface area contributed by atoms with Gasteiger partial charge < -0.3 is 9.47 Å². The molecule has 5 rings (SSSR count). The summed E-state index contributed by atoms with van der Waals surface area (Å²) < 4.78 is 10.5. The Balaban J connectivity index is 1.50. The van der Waals surface area contributed by atoms with Crippen LogP contribution in [0.25, 0.3) is 0 Å². The lowest BCUT2D eigenvalue weighted by atomic mass is 9.49. The quantitative estimate of drug-likeness (QED) is 0.747. The number of carbonyl (C=O) groups is 1. The van der Waals surface area contributed by atoms with Gasteiger partial charge in [-0.15, -0.1) is 0 Å². The molecular weight excluding hydrogens is 266 g/mol. The van der Waals surface area contributed by atoms with Gasteiger partial charge in [0.1, 0.15) is 6.04 Å². The first-order valence-electron chi connectivity index (χ1n) is 8.57. The van der Waals surface area contributed by atoms with Crippen molar-refractivity contribution in [3.8, 4) is 0 Å². The molecule has 1 aliphatic heterocycles. The van der Waals surface area contributed by atoms with Crippen molar-refractivity contribution in [2.24, 2.45) is 23.2 Å². The average Bonchev–Trinajstić information content (AvgIpc) is 2.45. The summed E-state index contributed by atoms with van der Waals surface area (Å²) in [4.78, 5) is 14.4. The molecule has 0 amide bonds. The second-order valence-corrected chi connectivity index (χ2v) is 8.00. The van der Waals surface area contributed by atoms with Crippen molar-refractivity contribution in [3.63, 3.8) is 0 Å². The highest BCUT2D eigenvalue weighted by molar-refractivity contribution is 5.75. The fraction of sp³-hybridized carbons (Fsp3) is 0.941. The van der Waals surface area contributed by atoms with Gasteiger partial charge in [-0.3, -0.25) is 9.69 Å². The van der Waals surface area contributed by atoms with Crippen molar-refractivity contribution >= 4 is 5.97 Å². The van der Waals surface area contributed by atoms with E-state index in [4.69, 9.17) is 9.47 Å². The van der Waals surface area contributed by atoms with E-state index in [1.54, 1.807) is 0 Å². The average molecular weight is 293 g/mol. The number of ether oxygens (including phenoxy) is 2. The number of morpholine rings is 1. The first kappa shape index (κ1) is 14.0. The summed E-state index contributed by atoms with van der Waals surface area (Å²) in [5.74, 6) is 2.77. The zero-order chi connectivity index (χ0) is 14.4. The van der Waals surface area contributed by atoms with Crippen LogP contribution in [0.3, 0.4) is 0 Å². The van der Waals surface area contributed by atoms with Crippen molar-refractivity contribution in [3.05, 3.63) is 0 Å². The molecule has 4 saturated carbocycles. The molecule has 0 aromatic heterocycles. The van der Waals surface area contributed by atoms with Crippen molar-refractivity contribution in [1.82, 2.24) is 4.90 Å². The molecule has 4 aliphatic carbocycles. The Morgan fingerprint density at radius 2 is 1.81 bits per heavy atom. The Bertz CT molecular complexity index is 387.